The van der Waals surface area contributed by atoms with Gasteiger partial charge in [0.15, 0.2) is 11.2 Å². The first-order valence-electron chi connectivity index (χ1n) is 8.30. The van der Waals surface area contributed by atoms with Crippen LogP contribution in [0, 0.1) is 0 Å². The van der Waals surface area contributed by atoms with E-state index in [0.717, 1.165) is 18.6 Å². The zero-order valence-corrected chi connectivity index (χ0v) is 14.4. The second-order valence-corrected chi connectivity index (χ2v) is 6.54. The van der Waals surface area contributed by atoms with Gasteiger partial charge in [-0.25, -0.2) is 19.6 Å². The molecule has 0 aromatic carbocycles. The number of anilines is 1. The highest BCUT2D eigenvalue weighted by Gasteiger charge is 2.61. The summed E-state index contributed by atoms with van der Waals surface area (Å²) in [4.78, 5) is 11.2. The molecule has 7 nitrogen and oxygen atoms in total. The van der Waals surface area contributed by atoms with Gasteiger partial charge in [-0.2, -0.15) is 26.3 Å². The molecule has 3 heterocycles. The second kappa shape index (κ2) is 6.19. The summed E-state index contributed by atoms with van der Waals surface area (Å²) in [5.41, 5.74) is 2.21. The quantitative estimate of drug-likeness (QED) is 0.645. The van der Waals surface area contributed by atoms with E-state index in [1.807, 2.05) is 0 Å². The molecule has 0 atom stereocenters. The molecular formula is C16H12F6N6O. The average molecular weight is 418 g/mol. The van der Waals surface area contributed by atoms with E-state index in [9.17, 15) is 26.3 Å². The summed E-state index contributed by atoms with van der Waals surface area (Å²) in [6.45, 7) is 0. The summed E-state index contributed by atoms with van der Waals surface area (Å²) >= 11 is 0. The first kappa shape index (κ1) is 19.2. The zero-order chi connectivity index (χ0) is 21.0. The van der Waals surface area contributed by atoms with Gasteiger partial charge in [-0.05, 0) is 25.3 Å². The number of ether oxygens (including phenoxy) is 1. The van der Waals surface area contributed by atoms with Gasteiger partial charge in [0.05, 0.1) is 5.56 Å². The van der Waals surface area contributed by atoms with Gasteiger partial charge >= 0.3 is 12.4 Å². The van der Waals surface area contributed by atoms with Gasteiger partial charge in [-0.3, -0.25) is 0 Å². The molecule has 1 aliphatic rings. The maximum atomic E-state index is 13.8. The molecule has 3 aromatic rings. The van der Waals surface area contributed by atoms with Crippen LogP contribution >= 0.6 is 0 Å². The molecule has 0 saturated heterocycles. The average Bonchev–Trinajstić information content (AvgIpc) is 2.92. The number of rotatable bonds is 3. The normalized spacial score (nSPS) is 16.6. The molecule has 154 valence electrons. The number of aromatic nitrogens is 5. The Morgan fingerprint density at radius 1 is 1.07 bits per heavy atom. The van der Waals surface area contributed by atoms with E-state index in [2.05, 4.69) is 20.1 Å². The molecule has 1 aliphatic carbocycles. The van der Waals surface area contributed by atoms with Crippen LogP contribution in [0.1, 0.15) is 24.8 Å². The number of nitrogens with two attached hydrogens (primary N) is 1. The molecule has 29 heavy (non-hydrogen) atoms. The van der Waals surface area contributed by atoms with Crippen LogP contribution in [0.5, 0.6) is 11.8 Å². The minimum atomic E-state index is -4.66. The van der Waals surface area contributed by atoms with E-state index >= 15 is 0 Å². The standard InChI is InChI=1S/C16H12F6N6O/c17-15(18,19)8-2-5-24-9(6-8)29-13-10-11(23)25-7-26-12(10)28(27-13)14(3-1-4-14)16(20,21)22/h2,5-7H,1,3-4H2,(H2,23,25,26). The molecule has 0 bridgehead atoms. The van der Waals surface area contributed by atoms with Gasteiger partial charge in [0.25, 0.3) is 5.88 Å². The van der Waals surface area contributed by atoms with Crippen molar-refractivity contribution in [2.75, 3.05) is 5.73 Å². The van der Waals surface area contributed by atoms with Crippen molar-refractivity contribution in [1.29, 1.82) is 0 Å². The van der Waals surface area contributed by atoms with Crippen LogP contribution in [0.3, 0.4) is 0 Å². The Hall–Kier alpha value is -3.12. The van der Waals surface area contributed by atoms with Crippen molar-refractivity contribution in [2.45, 2.75) is 37.2 Å². The number of nitrogen functional groups attached to an aromatic ring is 1. The van der Waals surface area contributed by atoms with E-state index in [4.69, 9.17) is 10.5 Å². The molecule has 1 fully saturated rings. The number of hydrogen-bond donors (Lipinski definition) is 1. The highest BCUT2D eigenvalue weighted by atomic mass is 19.4. The van der Waals surface area contributed by atoms with Crippen molar-refractivity contribution in [1.82, 2.24) is 24.7 Å². The molecule has 1 saturated carbocycles. The molecular weight excluding hydrogens is 406 g/mol. The highest BCUT2D eigenvalue weighted by Crippen LogP contribution is 2.52. The van der Waals surface area contributed by atoms with Gasteiger partial charge in [-0.1, -0.05) is 0 Å². The molecule has 4 rings (SSSR count). The smallest absolute Gasteiger partial charge is 0.416 e. The van der Waals surface area contributed by atoms with Crippen LogP contribution in [0.4, 0.5) is 32.2 Å². The molecule has 0 radical (unpaired) electrons. The Morgan fingerprint density at radius 2 is 1.79 bits per heavy atom. The highest BCUT2D eigenvalue weighted by molar-refractivity contribution is 5.91. The van der Waals surface area contributed by atoms with E-state index in [1.54, 1.807) is 0 Å². The van der Waals surface area contributed by atoms with E-state index in [1.165, 1.54) is 0 Å². The number of fused-ring (bicyclic) bond motifs is 1. The van der Waals surface area contributed by atoms with Crippen molar-refractivity contribution in [3.63, 3.8) is 0 Å². The van der Waals surface area contributed by atoms with Crippen molar-refractivity contribution in [3.8, 4) is 11.8 Å². The summed E-state index contributed by atoms with van der Waals surface area (Å²) < 4.78 is 86.0. The first-order chi connectivity index (χ1) is 13.5. The van der Waals surface area contributed by atoms with Crippen molar-refractivity contribution in [3.05, 3.63) is 30.2 Å². The lowest BCUT2D eigenvalue weighted by Gasteiger charge is -2.42. The second-order valence-electron chi connectivity index (χ2n) is 6.54. The van der Waals surface area contributed by atoms with Crippen molar-refractivity contribution in [2.24, 2.45) is 0 Å². The molecule has 0 aliphatic heterocycles. The Kier molecular flexibility index (Phi) is 4.10. The fraction of sp³-hybridized carbons (Fsp3) is 0.375. The monoisotopic (exact) mass is 418 g/mol. The Bertz CT molecular complexity index is 1070. The molecule has 13 heteroatoms. The van der Waals surface area contributed by atoms with Crippen LogP contribution in [0.2, 0.25) is 0 Å². The lowest BCUT2D eigenvalue weighted by Crippen LogP contribution is -2.53. The Morgan fingerprint density at radius 3 is 2.38 bits per heavy atom. The number of nitrogens with zero attached hydrogens (tertiary/aromatic N) is 5. The minimum Gasteiger partial charge on any atom is -0.418 e. The van der Waals surface area contributed by atoms with Crippen LogP contribution in [0.25, 0.3) is 11.0 Å². The summed E-state index contributed by atoms with van der Waals surface area (Å²) in [6, 6.07) is 1.34. The number of alkyl halides is 6. The van der Waals surface area contributed by atoms with Crippen molar-refractivity contribution >= 4 is 16.9 Å². The third kappa shape index (κ3) is 3.00. The largest absolute Gasteiger partial charge is 0.418 e. The predicted octanol–water partition coefficient (Wildman–Crippen LogP) is 4.06. The number of halogens is 6. The molecule has 0 unspecified atom stereocenters. The third-order valence-electron chi connectivity index (χ3n) is 4.84. The van der Waals surface area contributed by atoms with Gasteiger partial charge in [-0.15, -0.1) is 5.10 Å². The van der Waals surface area contributed by atoms with Gasteiger partial charge in [0.2, 0.25) is 5.88 Å². The van der Waals surface area contributed by atoms with Crippen LogP contribution in [-0.4, -0.2) is 30.9 Å². The zero-order valence-electron chi connectivity index (χ0n) is 14.4. The van der Waals surface area contributed by atoms with Crippen molar-refractivity contribution < 1.29 is 31.1 Å². The fourth-order valence-corrected chi connectivity index (χ4v) is 3.18. The first-order valence-corrected chi connectivity index (χ1v) is 8.30. The molecule has 2 N–H and O–H groups in total. The summed E-state index contributed by atoms with van der Waals surface area (Å²) in [6.07, 6.45) is -7.57. The molecule has 3 aromatic heterocycles. The SMILES string of the molecule is Nc1ncnc2c1c(Oc1cc(C(F)(F)F)ccn1)nn2C1(C(F)(F)F)CCC1. The maximum Gasteiger partial charge on any atom is 0.416 e. The lowest BCUT2D eigenvalue weighted by molar-refractivity contribution is -0.242. The maximum absolute atomic E-state index is 13.8. The van der Waals surface area contributed by atoms with E-state index in [0.29, 0.717) is 17.2 Å². The van der Waals surface area contributed by atoms with Gasteiger partial charge < -0.3 is 10.5 Å². The molecule has 0 spiro atoms. The van der Waals surface area contributed by atoms with Crippen LogP contribution in [-0.2, 0) is 11.7 Å². The third-order valence-corrected chi connectivity index (χ3v) is 4.84. The van der Waals surface area contributed by atoms with Gasteiger partial charge in [0, 0.05) is 12.3 Å². The van der Waals surface area contributed by atoms with E-state index < -0.39 is 35.2 Å². The van der Waals surface area contributed by atoms with E-state index in [-0.39, 0.29) is 29.7 Å². The summed E-state index contributed by atoms with van der Waals surface area (Å²) in [5.74, 6) is -1.19. The lowest BCUT2D eigenvalue weighted by atomic mass is 9.76. The summed E-state index contributed by atoms with van der Waals surface area (Å²) in [7, 11) is 0. The minimum absolute atomic E-state index is 0.137. The molecule has 0 amide bonds. The van der Waals surface area contributed by atoms with Crippen LogP contribution in [0.15, 0.2) is 24.7 Å². The number of pyridine rings is 1. The van der Waals surface area contributed by atoms with Gasteiger partial charge in [0.1, 0.15) is 17.5 Å². The predicted molar refractivity (Wildman–Crippen MR) is 86.9 cm³/mol. The van der Waals surface area contributed by atoms with Crippen LogP contribution < -0.4 is 10.5 Å². The Labute approximate surface area is 158 Å². The Balaban J connectivity index is 1.85. The summed E-state index contributed by atoms with van der Waals surface area (Å²) in [5, 5.41) is 3.73. The number of hydrogen-bond acceptors (Lipinski definition) is 6. The topological polar surface area (TPSA) is 91.7 Å². The fourth-order valence-electron chi connectivity index (χ4n) is 3.18.